The molecule has 1 amide bonds. The topological polar surface area (TPSA) is 70.5 Å². The molecule has 1 aliphatic heterocycles. The third kappa shape index (κ3) is 3.79. The van der Waals surface area contributed by atoms with Crippen molar-refractivity contribution in [2.24, 2.45) is 5.92 Å². The van der Waals surface area contributed by atoms with Gasteiger partial charge in [0.15, 0.2) is 0 Å². The standard InChI is InChI=1S/C19H20N2O3/c22-18(16-7-4-8-17(20-16)19(23)24)21-11-9-15(10-12-21)13-14-5-2-1-3-6-14/h1-8,15H,9-13H2,(H,23,24). The number of rotatable bonds is 4. The number of nitrogens with zero attached hydrogens (tertiary/aromatic N) is 2. The van der Waals surface area contributed by atoms with Gasteiger partial charge in [-0.15, -0.1) is 0 Å². The Kier molecular flexibility index (Phi) is 4.89. The van der Waals surface area contributed by atoms with E-state index in [-0.39, 0.29) is 17.3 Å². The van der Waals surface area contributed by atoms with Crippen LogP contribution in [-0.4, -0.2) is 40.0 Å². The fourth-order valence-electron chi connectivity index (χ4n) is 3.12. The van der Waals surface area contributed by atoms with Gasteiger partial charge in [0.1, 0.15) is 11.4 Å². The Balaban J connectivity index is 1.59. The lowest BCUT2D eigenvalue weighted by molar-refractivity contribution is 0.0680. The van der Waals surface area contributed by atoms with Crippen LogP contribution in [0.1, 0.15) is 39.4 Å². The maximum Gasteiger partial charge on any atom is 0.354 e. The van der Waals surface area contributed by atoms with Crippen LogP contribution in [0.4, 0.5) is 0 Å². The van der Waals surface area contributed by atoms with Crippen molar-refractivity contribution in [3.8, 4) is 0 Å². The lowest BCUT2D eigenvalue weighted by Gasteiger charge is -2.32. The molecule has 2 aromatic rings. The quantitative estimate of drug-likeness (QED) is 0.939. The van der Waals surface area contributed by atoms with Crippen LogP contribution in [0.3, 0.4) is 0 Å². The fraction of sp³-hybridized carbons (Fsp3) is 0.316. The lowest BCUT2D eigenvalue weighted by atomic mass is 9.90. The van der Waals surface area contributed by atoms with Crippen molar-refractivity contribution in [3.63, 3.8) is 0 Å². The van der Waals surface area contributed by atoms with E-state index in [1.165, 1.54) is 11.6 Å². The van der Waals surface area contributed by atoms with Gasteiger partial charge in [-0.2, -0.15) is 0 Å². The van der Waals surface area contributed by atoms with Crippen LogP contribution < -0.4 is 0 Å². The summed E-state index contributed by atoms with van der Waals surface area (Å²) in [5, 5.41) is 8.99. The van der Waals surface area contributed by atoms with Gasteiger partial charge in [-0.05, 0) is 42.9 Å². The van der Waals surface area contributed by atoms with Crippen LogP contribution in [0.5, 0.6) is 0 Å². The highest BCUT2D eigenvalue weighted by Gasteiger charge is 2.24. The molecule has 1 saturated heterocycles. The molecule has 0 spiro atoms. The van der Waals surface area contributed by atoms with Crippen molar-refractivity contribution in [1.29, 1.82) is 0 Å². The summed E-state index contributed by atoms with van der Waals surface area (Å²) >= 11 is 0. The van der Waals surface area contributed by atoms with E-state index in [0.29, 0.717) is 19.0 Å². The summed E-state index contributed by atoms with van der Waals surface area (Å²) in [7, 11) is 0. The third-order valence-corrected chi connectivity index (χ3v) is 4.46. The lowest BCUT2D eigenvalue weighted by Crippen LogP contribution is -2.39. The minimum absolute atomic E-state index is 0.0974. The molecule has 1 aliphatic rings. The van der Waals surface area contributed by atoms with Crippen molar-refractivity contribution in [3.05, 3.63) is 65.5 Å². The molecule has 1 fully saturated rings. The Morgan fingerprint density at radius 2 is 1.67 bits per heavy atom. The molecule has 5 nitrogen and oxygen atoms in total. The second-order valence-electron chi connectivity index (χ2n) is 6.14. The van der Waals surface area contributed by atoms with Crippen LogP contribution >= 0.6 is 0 Å². The van der Waals surface area contributed by atoms with Crippen LogP contribution in [0.25, 0.3) is 0 Å². The highest BCUT2D eigenvalue weighted by atomic mass is 16.4. The summed E-state index contributed by atoms with van der Waals surface area (Å²) in [5.74, 6) is -0.725. The van der Waals surface area contributed by atoms with Gasteiger partial charge in [-0.1, -0.05) is 36.4 Å². The van der Waals surface area contributed by atoms with Crippen LogP contribution in [0, 0.1) is 5.92 Å². The fourth-order valence-corrected chi connectivity index (χ4v) is 3.12. The zero-order valence-corrected chi connectivity index (χ0v) is 13.4. The molecule has 0 aliphatic carbocycles. The van der Waals surface area contributed by atoms with Crippen LogP contribution in [-0.2, 0) is 6.42 Å². The zero-order chi connectivity index (χ0) is 16.9. The average molecular weight is 324 g/mol. The molecule has 2 heterocycles. The van der Waals surface area contributed by atoms with Gasteiger partial charge in [0.25, 0.3) is 5.91 Å². The van der Waals surface area contributed by atoms with Crippen molar-refractivity contribution in [1.82, 2.24) is 9.88 Å². The number of carbonyl (C=O) groups excluding carboxylic acids is 1. The molecule has 3 rings (SSSR count). The average Bonchev–Trinajstić information content (AvgIpc) is 2.63. The van der Waals surface area contributed by atoms with E-state index in [9.17, 15) is 9.59 Å². The highest BCUT2D eigenvalue weighted by Crippen LogP contribution is 2.22. The molecule has 0 atom stereocenters. The molecule has 1 aromatic heterocycles. The molecule has 1 N–H and O–H groups in total. The number of amides is 1. The van der Waals surface area contributed by atoms with E-state index >= 15 is 0 Å². The Morgan fingerprint density at radius 1 is 1.00 bits per heavy atom. The monoisotopic (exact) mass is 324 g/mol. The number of hydrogen-bond acceptors (Lipinski definition) is 3. The van der Waals surface area contributed by atoms with E-state index in [1.807, 2.05) is 6.07 Å². The summed E-state index contributed by atoms with van der Waals surface area (Å²) < 4.78 is 0. The minimum atomic E-state index is -1.12. The summed E-state index contributed by atoms with van der Waals surface area (Å²) in [4.78, 5) is 29.2. The number of carboxylic acid groups (broad SMARTS) is 1. The molecular formula is C19H20N2O3. The predicted molar refractivity (Wildman–Crippen MR) is 90.0 cm³/mol. The SMILES string of the molecule is O=C(O)c1cccc(C(=O)N2CCC(Cc3ccccc3)CC2)n1. The van der Waals surface area contributed by atoms with E-state index < -0.39 is 5.97 Å². The van der Waals surface area contributed by atoms with E-state index in [0.717, 1.165) is 19.3 Å². The third-order valence-electron chi connectivity index (χ3n) is 4.46. The number of aromatic nitrogens is 1. The number of aromatic carboxylic acids is 1. The van der Waals surface area contributed by atoms with Crippen molar-refractivity contribution < 1.29 is 14.7 Å². The maximum atomic E-state index is 12.5. The van der Waals surface area contributed by atoms with Gasteiger partial charge in [-0.3, -0.25) is 4.79 Å². The van der Waals surface area contributed by atoms with Gasteiger partial charge in [0.2, 0.25) is 0 Å². The number of likely N-dealkylation sites (tertiary alicyclic amines) is 1. The van der Waals surface area contributed by atoms with Gasteiger partial charge in [-0.25, -0.2) is 9.78 Å². The Labute approximate surface area is 140 Å². The molecule has 5 heteroatoms. The number of hydrogen-bond donors (Lipinski definition) is 1. The smallest absolute Gasteiger partial charge is 0.354 e. The summed E-state index contributed by atoms with van der Waals surface area (Å²) in [6.07, 6.45) is 2.95. The molecule has 0 unspecified atom stereocenters. The van der Waals surface area contributed by atoms with E-state index in [2.05, 4.69) is 29.2 Å². The molecule has 1 aromatic carbocycles. The number of benzene rings is 1. The van der Waals surface area contributed by atoms with Gasteiger partial charge in [0.05, 0.1) is 0 Å². The van der Waals surface area contributed by atoms with Crippen molar-refractivity contribution >= 4 is 11.9 Å². The first-order valence-corrected chi connectivity index (χ1v) is 8.17. The first-order valence-electron chi connectivity index (χ1n) is 8.17. The molecule has 0 saturated carbocycles. The maximum absolute atomic E-state index is 12.5. The highest BCUT2D eigenvalue weighted by molar-refractivity contribution is 5.94. The molecular weight excluding hydrogens is 304 g/mol. The number of carbonyl (C=O) groups is 2. The summed E-state index contributed by atoms with van der Waals surface area (Å²) in [6.45, 7) is 1.38. The number of pyridine rings is 1. The van der Waals surface area contributed by atoms with E-state index in [1.54, 1.807) is 17.0 Å². The Hall–Kier alpha value is -2.69. The molecule has 124 valence electrons. The second kappa shape index (κ2) is 7.25. The number of carboxylic acids is 1. The zero-order valence-electron chi connectivity index (χ0n) is 13.4. The number of piperidine rings is 1. The van der Waals surface area contributed by atoms with Crippen molar-refractivity contribution in [2.45, 2.75) is 19.3 Å². The van der Waals surface area contributed by atoms with Gasteiger partial charge < -0.3 is 10.0 Å². The Morgan fingerprint density at radius 3 is 2.33 bits per heavy atom. The first kappa shape index (κ1) is 16.2. The largest absolute Gasteiger partial charge is 0.477 e. The normalized spacial score (nSPS) is 15.2. The minimum Gasteiger partial charge on any atom is -0.477 e. The molecule has 0 radical (unpaired) electrons. The predicted octanol–water partition coefficient (Wildman–Crippen LogP) is 2.87. The van der Waals surface area contributed by atoms with E-state index in [4.69, 9.17) is 5.11 Å². The second-order valence-corrected chi connectivity index (χ2v) is 6.14. The summed E-state index contributed by atoms with van der Waals surface area (Å²) in [5.41, 5.74) is 1.44. The van der Waals surface area contributed by atoms with Gasteiger partial charge >= 0.3 is 5.97 Å². The van der Waals surface area contributed by atoms with Gasteiger partial charge in [0, 0.05) is 13.1 Å². The van der Waals surface area contributed by atoms with Crippen molar-refractivity contribution in [2.75, 3.05) is 13.1 Å². The molecule has 24 heavy (non-hydrogen) atoms. The van der Waals surface area contributed by atoms with Crippen LogP contribution in [0.15, 0.2) is 48.5 Å². The Bertz CT molecular complexity index is 722. The molecule has 0 bridgehead atoms. The first-order chi connectivity index (χ1) is 11.6. The van der Waals surface area contributed by atoms with Crippen LogP contribution in [0.2, 0.25) is 0 Å². The summed E-state index contributed by atoms with van der Waals surface area (Å²) in [6, 6.07) is 14.9.